The second kappa shape index (κ2) is 8.65. The molecule has 0 bridgehead atoms. The molecule has 28 heavy (non-hydrogen) atoms. The summed E-state index contributed by atoms with van der Waals surface area (Å²) in [5.41, 5.74) is 7.74. The smallest absolute Gasteiger partial charge is 0.223 e. The van der Waals surface area contributed by atoms with Gasteiger partial charge >= 0.3 is 0 Å². The molecule has 2 N–H and O–H groups in total. The number of furan rings is 1. The first-order valence-electron chi connectivity index (χ1n) is 9.25. The van der Waals surface area contributed by atoms with Gasteiger partial charge < -0.3 is 15.1 Å². The molecular formula is C18H25Cl2N7O. The van der Waals surface area contributed by atoms with E-state index in [2.05, 4.69) is 24.9 Å². The van der Waals surface area contributed by atoms with Crippen LogP contribution in [-0.2, 0) is 6.54 Å². The highest BCUT2D eigenvalue weighted by atomic mass is 35.5. The first-order valence-corrected chi connectivity index (χ1v) is 9.25. The van der Waals surface area contributed by atoms with E-state index in [0.29, 0.717) is 23.2 Å². The van der Waals surface area contributed by atoms with Gasteiger partial charge in [0, 0.05) is 45.3 Å². The minimum Gasteiger partial charge on any atom is -0.461 e. The number of nitrogen functional groups attached to an aromatic ring is 1. The van der Waals surface area contributed by atoms with E-state index >= 15 is 0 Å². The van der Waals surface area contributed by atoms with E-state index in [4.69, 9.17) is 10.2 Å². The van der Waals surface area contributed by atoms with Gasteiger partial charge in [-0.15, -0.1) is 29.9 Å². The Balaban J connectivity index is 0.00000112. The molecule has 2 fully saturated rings. The van der Waals surface area contributed by atoms with Crippen LogP contribution in [0, 0.1) is 5.92 Å². The summed E-state index contributed by atoms with van der Waals surface area (Å²) in [6, 6.07) is 5.61. The molecule has 0 atom stereocenters. The Labute approximate surface area is 175 Å². The number of fused-ring (bicyclic) bond motifs is 1. The predicted octanol–water partition coefficient (Wildman–Crippen LogP) is 2.34. The Morgan fingerprint density at radius 3 is 2.50 bits per heavy atom. The molecular weight excluding hydrogens is 401 g/mol. The fraction of sp³-hybridized carbons (Fsp3) is 0.500. The highest BCUT2D eigenvalue weighted by Crippen LogP contribution is 2.30. The summed E-state index contributed by atoms with van der Waals surface area (Å²) in [4.78, 5) is 14.1. The number of hydrogen-bond donors (Lipinski definition) is 1. The number of piperazine rings is 1. The molecule has 1 saturated heterocycles. The summed E-state index contributed by atoms with van der Waals surface area (Å²) in [5, 5.41) is 4.39. The van der Waals surface area contributed by atoms with E-state index < -0.39 is 0 Å². The van der Waals surface area contributed by atoms with Crippen molar-refractivity contribution in [3.8, 4) is 11.6 Å². The van der Waals surface area contributed by atoms with Crippen LogP contribution in [0.2, 0.25) is 0 Å². The number of hydrogen-bond acceptors (Lipinski definition) is 7. The normalized spacial score (nSPS) is 18.0. The predicted molar refractivity (Wildman–Crippen MR) is 112 cm³/mol. The lowest BCUT2D eigenvalue weighted by Crippen LogP contribution is -2.46. The molecule has 0 spiro atoms. The molecule has 3 aromatic rings. The lowest BCUT2D eigenvalue weighted by atomic mass is 10.2. The van der Waals surface area contributed by atoms with Crippen molar-refractivity contribution in [1.82, 2.24) is 29.4 Å². The monoisotopic (exact) mass is 425 g/mol. The maximum absolute atomic E-state index is 6.10. The van der Waals surface area contributed by atoms with Crippen molar-refractivity contribution >= 4 is 36.4 Å². The minimum absolute atomic E-state index is 0. The average molecular weight is 426 g/mol. The molecule has 4 heterocycles. The molecule has 0 radical (unpaired) electrons. The maximum Gasteiger partial charge on any atom is 0.223 e. The highest BCUT2D eigenvalue weighted by molar-refractivity contribution is 5.85. The van der Waals surface area contributed by atoms with E-state index in [1.54, 1.807) is 10.8 Å². The van der Waals surface area contributed by atoms with Crippen LogP contribution < -0.4 is 5.73 Å². The van der Waals surface area contributed by atoms with E-state index in [0.717, 1.165) is 44.3 Å². The Hall–Kier alpha value is -1.87. The lowest BCUT2D eigenvalue weighted by molar-refractivity contribution is 0.122. The van der Waals surface area contributed by atoms with Gasteiger partial charge in [0.15, 0.2) is 11.4 Å². The second-order valence-corrected chi connectivity index (χ2v) is 7.31. The Morgan fingerprint density at radius 1 is 1.07 bits per heavy atom. The van der Waals surface area contributed by atoms with E-state index in [1.807, 2.05) is 18.2 Å². The van der Waals surface area contributed by atoms with Crippen molar-refractivity contribution in [2.24, 2.45) is 5.92 Å². The molecule has 1 aliphatic heterocycles. The number of nitrogens with two attached hydrogens (primary N) is 1. The van der Waals surface area contributed by atoms with E-state index in [9.17, 15) is 0 Å². The standard InChI is InChI=1S/C18H23N7O.2ClH/c19-18-20-14(12-24-7-5-23(6-8-24)11-13-3-4-13)10-16-21-17(22-25(16)18)15-2-1-9-26-15;;/h1-2,9-10,13H,3-8,11-12H2,(H2,19,20);2*1H. The fourth-order valence-electron chi connectivity index (χ4n) is 3.58. The van der Waals surface area contributed by atoms with Crippen molar-refractivity contribution < 1.29 is 4.42 Å². The first-order chi connectivity index (χ1) is 12.7. The largest absolute Gasteiger partial charge is 0.461 e. The Bertz CT molecular complexity index is 902. The van der Waals surface area contributed by atoms with E-state index in [1.165, 1.54) is 19.4 Å². The summed E-state index contributed by atoms with van der Waals surface area (Å²) in [6.07, 6.45) is 4.44. The van der Waals surface area contributed by atoms with Crippen molar-refractivity contribution in [2.45, 2.75) is 19.4 Å². The summed E-state index contributed by atoms with van der Waals surface area (Å²) in [5.74, 6) is 2.47. The van der Waals surface area contributed by atoms with Gasteiger partial charge in [-0.3, -0.25) is 4.90 Å². The molecule has 2 aliphatic rings. The first kappa shape index (κ1) is 20.9. The van der Waals surface area contributed by atoms with Crippen LogP contribution in [-0.4, -0.2) is 62.1 Å². The van der Waals surface area contributed by atoms with Gasteiger partial charge in [-0.05, 0) is 30.9 Å². The Morgan fingerprint density at radius 2 is 1.82 bits per heavy atom. The van der Waals surface area contributed by atoms with Crippen LogP contribution in [0.25, 0.3) is 17.2 Å². The van der Waals surface area contributed by atoms with Crippen LogP contribution in [0.5, 0.6) is 0 Å². The van der Waals surface area contributed by atoms with Gasteiger partial charge in [-0.1, -0.05) is 0 Å². The zero-order valence-corrected chi connectivity index (χ0v) is 17.2. The molecule has 3 aromatic heterocycles. The lowest BCUT2D eigenvalue weighted by Gasteiger charge is -2.34. The number of anilines is 1. The van der Waals surface area contributed by atoms with Gasteiger partial charge in [-0.2, -0.15) is 4.52 Å². The van der Waals surface area contributed by atoms with Crippen LogP contribution in [0.4, 0.5) is 5.95 Å². The molecule has 152 valence electrons. The zero-order valence-electron chi connectivity index (χ0n) is 15.5. The van der Waals surface area contributed by atoms with Gasteiger partial charge in [0.05, 0.1) is 12.0 Å². The maximum atomic E-state index is 6.10. The molecule has 0 aromatic carbocycles. The van der Waals surface area contributed by atoms with E-state index in [-0.39, 0.29) is 24.8 Å². The fourth-order valence-corrected chi connectivity index (χ4v) is 3.58. The van der Waals surface area contributed by atoms with Crippen molar-refractivity contribution in [1.29, 1.82) is 0 Å². The van der Waals surface area contributed by atoms with Gasteiger partial charge in [-0.25, -0.2) is 9.97 Å². The minimum atomic E-state index is 0. The van der Waals surface area contributed by atoms with Crippen LogP contribution in [0.3, 0.4) is 0 Å². The molecule has 0 unspecified atom stereocenters. The molecule has 8 nitrogen and oxygen atoms in total. The molecule has 5 rings (SSSR count). The third kappa shape index (κ3) is 4.41. The quantitative estimate of drug-likeness (QED) is 0.670. The summed E-state index contributed by atoms with van der Waals surface area (Å²) < 4.78 is 6.93. The summed E-state index contributed by atoms with van der Waals surface area (Å²) >= 11 is 0. The number of halogens is 2. The van der Waals surface area contributed by atoms with Gasteiger partial charge in [0.25, 0.3) is 0 Å². The Kier molecular flexibility index (Phi) is 6.44. The molecule has 0 amide bonds. The number of rotatable bonds is 5. The highest BCUT2D eigenvalue weighted by Gasteiger charge is 2.26. The molecule has 1 aliphatic carbocycles. The third-order valence-corrected chi connectivity index (χ3v) is 5.21. The van der Waals surface area contributed by atoms with Crippen molar-refractivity contribution in [2.75, 3.05) is 38.5 Å². The summed E-state index contributed by atoms with van der Waals surface area (Å²) in [6.45, 7) is 6.50. The number of nitrogens with zero attached hydrogens (tertiary/aromatic N) is 6. The third-order valence-electron chi connectivity index (χ3n) is 5.21. The van der Waals surface area contributed by atoms with Crippen molar-refractivity contribution in [3.05, 3.63) is 30.2 Å². The zero-order chi connectivity index (χ0) is 17.5. The SMILES string of the molecule is Cl.Cl.Nc1nc(CN2CCN(CC3CC3)CC2)cc2nc(-c3ccco3)nn12. The van der Waals surface area contributed by atoms with Crippen molar-refractivity contribution in [3.63, 3.8) is 0 Å². The average Bonchev–Trinajstić information content (AvgIpc) is 3.11. The number of aromatic nitrogens is 4. The second-order valence-electron chi connectivity index (χ2n) is 7.31. The molecule has 10 heteroatoms. The van der Waals surface area contributed by atoms with Crippen LogP contribution >= 0.6 is 24.8 Å². The van der Waals surface area contributed by atoms with Crippen LogP contribution in [0.1, 0.15) is 18.5 Å². The van der Waals surface area contributed by atoms with Gasteiger partial charge in [0.1, 0.15) is 0 Å². The van der Waals surface area contributed by atoms with Crippen LogP contribution in [0.15, 0.2) is 28.9 Å². The topological polar surface area (TPSA) is 88.7 Å². The summed E-state index contributed by atoms with van der Waals surface area (Å²) in [7, 11) is 0. The van der Waals surface area contributed by atoms with Gasteiger partial charge in [0.2, 0.25) is 11.8 Å². The molecule has 1 saturated carbocycles.